The zero-order valence-electron chi connectivity index (χ0n) is 19.4. The van der Waals surface area contributed by atoms with Crippen molar-refractivity contribution < 1.29 is 0 Å². The van der Waals surface area contributed by atoms with E-state index in [2.05, 4.69) is 86.6 Å². The molecule has 1 fully saturated rings. The number of hydrogen-bond acceptors (Lipinski definition) is 0. The standard InChI is InChI=1S/C32H29Cl/c1-4-22-17-20(2)32(21(3)18-22)29-12-8-7-10-26(29)28-19-23(13-15-30(28)32)24-14-16-31(33)27-11-6-5-9-25(24)27/h5-16,19,21-22H,2,4,17-18H2,1,3H3. The molecule has 1 saturated carbocycles. The summed E-state index contributed by atoms with van der Waals surface area (Å²) in [7, 11) is 0. The Bertz CT molecular complexity index is 1410. The van der Waals surface area contributed by atoms with Gasteiger partial charge in [0.1, 0.15) is 0 Å². The molecule has 0 bridgehead atoms. The zero-order valence-corrected chi connectivity index (χ0v) is 20.1. The fraction of sp³-hybridized carbons (Fsp3) is 0.250. The molecule has 1 heteroatoms. The molecule has 3 unspecified atom stereocenters. The van der Waals surface area contributed by atoms with Gasteiger partial charge in [-0.25, -0.2) is 0 Å². The monoisotopic (exact) mass is 448 g/mol. The number of halogens is 1. The van der Waals surface area contributed by atoms with Gasteiger partial charge < -0.3 is 0 Å². The number of fused-ring (bicyclic) bond motifs is 6. The van der Waals surface area contributed by atoms with Crippen LogP contribution in [0.15, 0.2) is 91.0 Å². The molecule has 1 spiro atoms. The molecule has 0 heterocycles. The minimum absolute atomic E-state index is 0.0712. The lowest BCUT2D eigenvalue weighted by molar-refractivity contribution is 0.248. The highest BCUT2D eigenvalue weighted by Crippen LogP contribution is 2.61. The van der Waals surface area contributed by atoms with Crippen LogP contribution in [-0.2, 0) is 5.41 Å². The normalized spacial score (nSPS) is 23.7. The zero-order chi connectivity index (χ0) is 22.7. The Morgan fingerprint density at radius 2 is 1.58 bits per heavy atom. The fourth-order valence-corrected chi connectivity index (χ4v) is 7.07. The third-order valence-corrected chi connectivity index (χ3v) is 8.69. The summed E-state index contributed by atoms with van der Waals surface area (Å²) in [4.78, 5) is 0. The molecular formula is C32H29Cl. The van der Waals surface area contributed by atoms with Crippen LogP contribution in [0, 0.1) is 11.8 Å². The van der Waals surface area contributed by atoms with Gasteiger partial charge in [0.15, 0.2) is 0 Å². The Morgan fingerprint density at radius 3 is 2.36 bits per heavy atom. The van der Waals surface area contributed by atoms with Crippen LogP contribution in [0.2, 0.25) is 5.02 Å². The lowest BCUT2D eigenvalue weighted by Crippen LogP contribution is -2.40. The summed E-state index contributed by atoms with van der Waals surface area (Å²) in [5.74, 6) is 1.28. The Labute approximate surface area is 201 Å². The van der Waals surface area contributed by atoms with Crippen molar-refractivity contribution in [2.24, 2.45) is 11.8 Å². The summed E-state index contributed by atoms with van der Waals surface area (Å²) < 4.78 is 0. The number of hydrogen-bond donors (Lipinski definition) is 0. The van der Waals surface area contributed by atoms with Crippen LogP contribution in [0.4, 0.5) is 0 Å². The maximum atomic E-state index is 6.52. The van der Waals surface area contributed by atoms with Gasteiger partial charge in [-0.05, 0) is 75.6 Å². The van der Waals surface area contributed by atoms with Crippen molar-refractivity contribution in [2.75, 3.05) is 0 Å². The first-order chi connectivity index (χ1) is 16.1. The van der Waals surface area contributed by atoms with Crippen LogP contribution in [-0.4, -0.2) is 0 Å². The lowest BCUT2D eigenvalue weighted by Gasteiger charge is -2.46. The van der Waals surface area contributed by atoms with Crippen molar-refractivity contribution in [3.05, 3.63) is 107 Å². The maximum Gasteiger partial charge on any atom is 0.0484 e. The second kappa shape index (κ2) is 7.61. The largest absolute Gasteiger partial charge is 0.0986 e. The first-order valence-electron chi connectivity index (χ1n) is 12.2. The third kappa shape index (κ3) is 2.83. The SMILES string of the molecule is C=C1CC(CC)CC(C)C12c1ccccc1-c1cc(-c3ccc(Cl)c4ccccc34)ccc12. The molecule has 0 nitrogen and oxygen atoms in total. The van der Waals surface area contributed by atoms with Crippen molar-refractivity contribution >= 4 is 22.4 Å². The highest BCUT2D eigenvalue weighted by atomic mass is 35.5. The van der Waals surface area contributed by atoms with Crippen LogP contribution in [0.1, 0.15) is 44.2 Å². The van der Waals surface area contributed by atoms with E-state index in [0.717, 1.165) is 22.7 Å². The van der Waals surface area contributed by atoms with Gasteiger partial charge in [-0.1, -0.05) is 111 Å². The molecule has 164 valence electrons. The average Bonchev–Trinajstić information content (AvgIpc) is 3.14. The van der Waals surface area contributed by atoms with E-state index in [-0.39, 0.29) is 5.41 Å². The predicted octanol–water partition coefficient (Wildman–Crippen LogP) is 9.44. The first-order valence-corrected chi connectivity index (χ1v) is 12.5. The molecule has 3 atom stereocenters. The molecule has 2 aliphatic carbocycles. The molecule has 0 radical (unpaired) electrons. The van der Waals surface area contributed by atoms with Crippen molar-refractivity contribution in [3.8, 4) is 22.3 Å². The molecule has 0 N–H and O–H groups in total. The molecule has 0 saturated heterocycles. The van der Waals surface area contributed by atoms with Crippen molar-refractivity contribution in [1.29, 1.82) is 0 Å². The number of allylic oxidation sites excluding steroid dienone is 1. The number of rotatable bonds is 2. The van der Waals surface area contributed by atoms with Crippen LogP contribution in [0.25, 0.3) is 33.0 Å². The maximum absolute atomic E-state index is 6.52. The van der Waals surface area contributed by atoms with E-state index < -0.39 is 0 Å². The minimum atomic E-state index is -0.0712. The van der Waals surface area contributed by atoms with Crippen molar-refractivity contribution in [3.63, 3.8) is 0 Å². The Kier molecular flexibility index (Phi) is 4.78. The van der Waals surface area contributed by atoms with Crippen LogP contribution in [0.3, 0.4) is 0 Å². The summed E-state index contributed by atoms with van der Waals surface area (Å²) in [6.07, 6.45) is 3.61. The van der Waals surface area contributed by atoms with Crippen molar-refractivity contribution in [1.82, 2.24) is 0 Å². The van der Waals surface area contributed by atoms with Crippen LogP contribution < -0.4 is 0 Å². The van der Waals surface area contributed by atoms with Gasteiger partial charge in [-0.3, -0.25) is 0 Å². The molecule has 4 aromatic rings. The van der Waals surface area contributed by atoms with Gasteiger partial charge in [0.05, 0.1) is 0 Å². The summed E-state index contributed by atoms with van der Waals surface area (Å²) in [5, 5.41) is 3.11. The Balaban J connectivity index is 1.59. The molecule has 0 amide bonds. The smallest absolute Gasteiger partial charge is 0.0484 e. The van der Waals surface area contributed by atoms with Gasteiger partial charge >= 0.3 is 0 Å². The van der Waals surface area contributed by atoms with Gasteiger partial charge in [0.25, 0.3) is 0 Å². The van der Waals surface area contributed by atoms with Crippen molar-refractivity contribution in [2.45, 2.75) is 38.5 Å². The topological polar surface area (TPSA) is 0 Å². The first kappa shape index (κ1) is 20.8. The fourth-order valence-electron chi connectivity index (χ4n) is 6.84. The highest BCUT2D eigenvalue weighted by molar-refractivity contribution is 6.36. The molecule has 4 aromatic carbocycles. The minimum Gasteiger partial charge on any atom is -0.0986 e. The molecule has 6 rings (SSSR count). The number of benzene rings is 4. The summed E-state index contributed by atoms with van der Waals surface area (Å²) in [6, 6.07) is 28.8. The Hall–Kier alpha value is -2.83. The molecule has 2 aliphatic rings. The molecule has 0 aliphatic heterocycles. The quantitative estimate of drug-likeness (QED) is 0.268. The second-order valence-corrected chi connectivity index (χ2v) is 10.4. The van der Waals surface area contributed by atoms with E-state index in [1.165, 1.54) is 57.2 Å². The predicted molar refractivity (Wildman–Crippen MR) is 142 cm³/mol. The second-order valence-electron chi connectivity index (χ2n) is 9.97. The van der Waals surface area contributed by atoms with Gasteiger partial charge in [-0.2, -0.15) is 0 Å². The average molecular weight is 449 g/mol. The van der Waals surface area contributed by atoms with Gasteiger partial charge in [0.2, 0.25) is 0 Å². The van der Waals surface area contributed by atoms with E-state index in [9.17, 15) is 0 Å². The van der Waals surface area contributed by atoms with Crippen LogP contribution in [0.5, 0.6) is 0 Å². The summed E-state index contributed by atoms with van der Waals surface area (Å²) in [6.45, 7) is 9.48. The van der Waals surface area contributed by atoms with Crippen LogP contribution >= 0.6 is 11.6 Å². The lowest BCUT2D eigenvalue weighted by atomic mass is 9.57. The molecular weight excluding hydrogens is 420 g/mol. The van der Waals surface area contributed by atoms with Gasteiger partial charge in [0, 0.05) is 15.8 Å². The van der Waals surface area contributed by atoms with E-state index in [4.69, 9.17) is 18.2 Å². The third-order valence-electron chi connectivity index (χ3n) is 8.36. The van der Waals surface area contributed by atoms with Gasteiger partial charge in [-0.15, -0.1) is 0 Å². The summed E-state index contributed by atoms with van der Waals surface area (Å²) in [5.41, 5.74) is 9.43. The van der Waals surface area contributed by atoms with E-state index in [1.807, 2.05) is 6.07 Å². The highest BCUT2D eigenvalue weighted by Gasteiger charge is 2.51. The van der Waals surface area contributed by atoms with E-state index >= 15 is 0 Å². The molecule has 33 heavy (non-hydrogen) atoms. The Morgan fingerprint density at radius 1 is 0.848 bits per heavy atom. The molecule has 0 aromatic heterocycles. The van der Waals surface area contributed by atoms with E-state index in [1.54, 1.807) is 0 Å². The summed E-state index contributed by atoms with van der Waals surface area (Å²) >= 11 is 6.52. The van der Waals surface area contributed by atoms with E-state index in [0.29, 0.717) is 5.92 Å².